The van der Waals surface area contributed by atoms with Gasteiger partial charge in [0.05, 0.1) is 22.4 Å². The van der Waals surface area contributed by atoms with Crippen LogP contribution < -0.4 is 5.32 Å². The van der Waals surface area contributed by atoms with Crippen molar-refractivity contribution in [3.8, 4) is 0 Å². The Balaban J connectivity index is 2.41. The van der Waals surface area contributed by atoms with Crippen molar-refractivity contribution < 1.29 is 4.79 Å². The smallest absolute Gasteiger partial charge is 0.251 e. The van der Waals surface area contributed by atoms with Crippen LogP contribution in [0.25, 0.3) is 11.0 Å². The Hall–Kier alpha value is -1.97. The molecule has 1 N–H and O–H groups in total. The maximum atomic E-state index is 12.1. The molecule has 0 aliphatic rings. The predicted octanol–water partition coefficient (Wildman–Crippen LogP) is 2.77. The van der Waals surface area contributed by atoms with Crippen LogP contribution in [0.2, 0.25) is 0 Å². The highest BCUT2D eigenvalue weighted by Crippen LogP contribution is 2.15. The minimum Gasteiger partial charge on any atom is -0.347 e. The van der Waals surface area contributed by atoms with E-state index in [1.807, 2.05) is 40.7 Å². The topological polar surface area (TPSA) is 54.9 Å². The van der Waals surface area contributed by atoms with Gasteiger partial charge in [-0.1, -0.05) is 0 Å². The molecule has 0 aliphatic heterocycles. The molecule has 0 atom stereocenters. The Labute approximate surface area is 113 Å². The van der Waals surface area contributed by atoms with E-state index in [0.29, 0.717) is 5.56 Å². The lowest BCUT2D eigenvalue weighted by Gasteiger charge is -2.20. The minimum absolute atomic E-state index is 0.0885. The number of nitrogens with zero attached hydrogens (tertiary/aromatic N) is 2. The molecule has 1 aromatic heterocycles. The summed E-state index contributed by atoms with van der Waals surface area (Å²) in [5.74, 6) is -0.0885. The average Bonchev–Trinajstić information content (AvgIpc) is 2.27. The molecular weight excluding hydrogens is 238 g/mol. The first-order valence-corrected chi connectivity index (χ1v) is 6.34. The van der Waals surface area contributed by atoms with Crippen LogP contribution >= 0.6 is 0 Å². The van der Waals surface area contributed by atoms with Crippen LogP contribution in [0.1, 0.15) is 42.5 Å². The van der Waals surface area contributed by atoms with E-state index in [0.717, 1.165) is 22.4 Å². The Morgan fingerprint density at radius 3 is 2.21 bits per heavy atom. The summed E-state index contributed by atoms with van der Waals surface area (Å²) in [5, 5.41) is 2.94. The van der Waals surface area contributed by atoms with Gasteiger partial charge >= 0.3 is 0 Å². The van der Waals surface area contributed by atoms with E-state index >= 15 is 0 Å². The lowest BCUT2D eigenvalue weighted by molar-refractivity contribution is 0.0919. The molecule has 4 heteroatoms. The Morgan fingerprint density at radius 1 is 1.05 bits per heavy atom. The van der Waals surface area contributed by atoms with Gasteiger partial charge in [-0.15, -0.1) is 0 Å². The van der Waals surface area contributed by atoms with Gasteiger partial charge in [0.15, 0.2) is 0 Å². The monoisotopic (exact) mass is 257 g/mol. The third-order valence-corrected chi connectivity index (χ3v) is 2.83. The number of amides is 1. The van der Waals surface area contributed by atoms with Crippen molar-refractivity contribution in [2.24, 2.45) is 0 Å². The zero-order chi connectivity index (χ0) is 14.2. The van der Waals surface area contributed by atoms with E-state index in [1.165, 1.54) is 0 Å². The van der Waals surface area contributed by atoms with Crippen LogP contribution in [0.5, 0.6) is 0 Å². The first-order chi connectivity index (χ1) is 8.76. The summed E-state index contributed by atoms with van der Waals surface area (Å²) >= 11 is 0. The van der Waals surface area contributed by atoms with E-state index in [-0.39, 0.29) is 11.4 Å². The fraction of sp³-hybridized carbons (Fsp3) is 0.400. The van der Waals surface area contributed by atoms with E-state index in [2.05, 4.69) is 15.3 Å². The van der Waals surface area contributed by atoms with Crippen molar-refractivity contribution in [3.63, 3.8) is 0 Å². The van der Waals surface area contributed by atoms with Gasteiger partial charge in [-0.2, -0.15) is 0 Å². The molecule has 100 valence electrons. The number of benzene rings is 1. The maximum absolute atomic E-state index is 12.1. The Bertz CT molecular complexity index is 642. The highest BCUT2D eigenvalue weighted by molar-refractivity contribution is 5.97. The van der Waals surface area contributed by atoms with Crippen molar-refractivity contribution in [2.45, 2.75) is 40.2 Å². The standard InChI is InChI=1S/C15H19N3O/c1-9-10(2)17-13-8-11(6-7-12(13)16-9)14(19)18-15(3,4)5/h6-8H,1-5H3,(H,18,19). The molecule has 0 radical (unpaired) electrons. The summed E-state index contributed by atoms with van der Waals surface area (Å²) in [7, 11) is 0. The van der Waals surface area contributed by atoms with Crippen LogP contribution in [0, 0.1) is 13.8 Å². The van der Waals surface area contributed by atoms with Crippen molar-refractivity contribution in [2.75, 3.05) is 0 Å². The quantitative estimate of drug-likeness (QED) is 0.854. The van der Waals surface area contributed by atoms with Crippen LogP contribution in [0.15, 0.2) is 18.2 Å². The molecule has 0 saturated carbocycles. The Morgan fingerprint density at radius 2 is 1.63 bits per heavy atom. The van der Waals surface area contributed by atoms with Crippen LogP contribution in [-0.4, -0.2) is 21.4 Å². The molecule has 1 amide bonds. The van der Waals surface area contributed by atoms with Gasteiger partial charge in [0.25, 0.3) is 5.91 Å². The summed E-state index contributed by atoms with van der Waals surface area (Å²) in [4.78, 5) is 21.0. The van der Waals surface area contributed by atoms with Gasteiger partial charge in [-0.05, 0) is 52.8 Å². The van der Waals surface area contributed by atoms with Crippen molar-refractivity contribution in [1.82, 2.24) is 15.3 Å². The largest absolute Gasteiger partial charge is 0.347 e. The maximum Gasteiger partial charge on any atom is 0.251 e. The number of aryl methyl sites for hydroxylation is 2. The highest BCUT2D eigenvalue weighted by atomic mass is 16.1. The second-order valence-electron chi connectivity index (χ2n) is 5.80. The molecular formula is C15H19N3O. The molecule has 1 heterocycles. The molecule has 19 heavy (non-hydrogen) atoms. The minimum atomic E-state index is -0.249. The number of hydrogen-bond donors (Lipinski definition) is 1. The van der Waals surface area contributed by atoms with Crippen LogP contribution in [0.4, 0.5) is 0 Å². The fourth-order valence-corrected chi connectivity index (χ4v) is 1.78. The van der Waals surface area contributed by atoms with Gasteiger partial charge < -0.3 is 5.32 Å². The molecule has 1 aromatic carbocycles. The van der Waals surface area contributed by atoms with Gasteiger partial charge in [0, 0.05) is 11.1 Å². The third kappa shape index (κ3) is 3.08. The molecule has 0 unspecified atom stereocenters. The summed E-state index contributed by atoms with van der Waals surface area (Å²) in [6, 6.07) is 5.41. The number of hydrogen-bond acceptors (Lipinski definition) is 3. The number of nitrogens with one attached hydrogen (secondary N) is 1. The summed E-state index contributed by atoms with van der Waals surface area (Å²) < 4.78 is 0. The van der Waals surface area contributed by atoms with Gasteiger partial charge in [0.2, 0.25) is 0 Å². The van der Waals surface area contributed by atoms with Crippen molar-refractivity contribution in [3.05, 3.63) is 35.2 Å². The first-order valence-electron chi connectivity index (χ1n) is 6.34. The molecule has 0 aliphatic carbocycles. The normalized spacial score (nSPS) is 11.6. The van der Waals surface area contributed by atoms with Crippen LogP contribution in [-0.2, 0) is 0 Å². The SMILES string of the molecule is Cc1nc2ccc(C(=O)NC(C)(C)C)cc2nc1C. The molecule has 0 fully saturated rings. The van der Waals surface area contributed by atoms with E-state index in [9.17, 15) is 4.79 Å². The molecule has 4 nitrogen and oxygen atoms in total. The first kappa shape index (κ1) is 13.5. The van der Waals surface area contributed by atoms with Crippen molar-refractivity contribution >= 4 is 16.9 Å². The average molecular weight is 257 g/mol. The summed E-state index contributed by atoms with van der Waals surface area (Å²) in [6.45, 7) is 9.73. The lowest BCUT2D eigenvalue weighted by atomic mass is 10.1. The second kappa shape index (κ2) is 4.61. The van der Waals surface area contributed by atoms with E-state index in [4.69, 9.17) is 0 Å². The second-order valence-corrected chi connectivity index (χ2v) is 5.80. The molecule has 0 saturated heterocycles. The molecule has 0 spiro atoms. The molecule has 0 bridgehead atoms. The van der Waals surface area contributed by atoms with Crippen LogP contribution in [0.3, 0.4) is 0 Å². The predicted molar refractivity (Wildman–Crippen MR) is 76.2 cm³/mol. The Kier molecular flexibility index (Phi) is 3.27. The van der Waals surface area contributed by atoms with Crippen molar-refractivity contribution in [1.29, 1.82) is 0 Å². The molecule has 2 rings (SSSR count). The zero-order valence-electron chi connectivity index (χ0n) is 12.0. The van der Waals surface area contributed by atoms with E-state index in [1.54, 1.807) is 12.1 Å². The van der Waals surface area contributed by atoms with E-state index < -0.39 is 0 Å². The highest BCUT2D eigenvalue weighted by Gasteiger charge is 2.15. The number of aromatic nitrogens is 2. The number of fused-ring (bicyclic) bond motifs is 1. The lowest BCUT2D eigenvalue weighted by Crippen LogP contribution is -2.40. The van der Waals surface area contributed by atoms with Gasteiger partial charge in [0.1, 0.15) is 0 Å². The third-order valence-electron chi connectivity index (χ3n) is 2.83. The summed E-state index contributed by atoms with van der Waals surface area (Å²) in [6.07, 6.45) is 0. The number of carbonyl (C=O) groups is 1. The molecule has 2 aromatic rings. The fourth-order valence-electron chi connectivity index (χ4n) is 1.78. The number of carbonyl (C=O) groups excluding carboxylic acids is 1. The summed E-state index contributed by atoms with van der Waals surface area (Å²) in [5.41, 5.74) is 3.74. The van der Waals surface area contributed by atoms with Gasteiger partial charge in [-0.3, -0.25) is 4.79 Å². The number of rotatable bonds is 1. The zero-order valence-corrected chi connectivity index (χ0v) is 12.0. The van der Waals surface area contributed by atoms with Gasteiger partial charge in [-0.25, -0.2) is 9.97 Å².